The Balaban J connectivity index is 1.90. The molecular weight excluding hydrogens is 404 g/mol. The molecule has 0 N–H and O–H groups in total. The molecule has 1 aliphatic heterocycles. The van der Waals surface area contributed by atoms with Crippen molar-refractivity contribution in [3.05, 3.63) is 47.3 Å². The Hall–Kier alpha value is -2.85. The van der Waals surface area contributed by atoms with Gasteiger partial charge in [-0.1, -0.05) is 29.5 Å². The maximum Gasteiger partial charge on any atom is 0.326 e. The zero-order valence-electron chi connectivity index (χ0n) is 14.8. The smallest absolute Gasteiger partial charge is 0.326 e. The molecule has 0 spiro atoms. The van der Waals surface area contributed by atoms with Crippen LogP contribution in [0.15, 0.2) is 51.8 Å². The molecule has 0 fully saturated rings. The first-order valence-electron chi connectivity index (χ1n) is 8.42. The lowest BCUT2D eigenvalue weighted by Crippen LogP contribution is -2.23. The van der Waals surface area contributed by atoms with E-state index in [0.717, 1.165) is 16.0 Å². The van der Waals surface area contributed by atoms with Crippen LogP contribution in [0.5, 0.6) is 11.5 Å². The summed E-state index contributed by atoms with van der Waals surface area (Å²) in [7, 11) is -3.94. The number of hydrogen-bond donors (Lipinski definition) is 0. The van der Waals surface area contributed by atoms with Gasteiger partial charge in [0.2, 0.25) is 11.6 Å². The average molecular weight is 420 g/mol. The highest BCUT2D eigenvalue weighted by Crippen LogP contribution is 2.37. The van der Waals surface area contributed by atoms with Gasteiger partial charge in [-0.25, -0.2) is 0 Å². The van der Waals surface area contributed by atoms with Gasteiger partial charge in [0, 0.05) is 12.1 Å². The highest BCUT2D eigenvalue weighted by Gasteiger charge is 2.20. The van der Waals surface area contributed by atoms with Crippen LogP contribution < -0.4 is 14.3 Å². The Morgan fingerprint density at radius 2 is 1.93 bits per heavy atom. The summed E-state index contributed by atoms with van der Waals surface area (Å²) in [5.74, 6) is 0.605. The van der Waals surface area contributed by atoms with E-state index in [1.807, 2.05) is 0 Å². The summed E-state index contributed by atoms with van der Waals surface area (Å²) in [6, 6.07) is 11.4. The lowest BCUT2D eigenvalue weighted by atomic mass is 10.3. The van der Waals surface area contributed by atoms with E-state index in [9.17, 15) is 13.2 Å². The molecule has 2 heterocycles. The van der Waals surface area contributed by atoms with Gasteiger partial charge in [0.05, 0.1) is 21.7 Å². The van der Waals surface area contributed by atoms with Crippen molar-refractivity contribution in [2.24, 2.45) is 4.40 Å². The van der Waals surface area contributed by atoms with Crippen LogP contribution >= 0.6 is 11.3 Å². The zero-order chi connectivity index (χ0) is 19.7. The number of benzene rings is 2. The Labute approximate surface area is 164 Å². The third kappa shape index (κ3) is 3.48. The molecule has 0 bridgehead atoms. The summed E-state index contributed by atoms with van der Waals surface area (Å²) in [4.78, 5) is 12.3. The molecule has 0 atom stereocenters. The maximum atomic E-state index is 12.7. The van der Waals surface area contributed by atoms with Crippen LogP contribution in [0.25, 0.3) is 10.2 Å². The fourth-order valence-electron chi connectivity index (χ4n) is 2.77. The lowest BCUT2D eigenvalue weighted by Gasteiger charge is -2.06. The predicted octanol–water partition coefficient (Wildman–Crippen LogP) is 2.28. The van der Waals surface area contributed by atoms with Gasteiger partial charge in [0.15, 0.2) is 11.5 Å². The average Bonchev–Trinajstić information content (AvgIpc) is 3.25. The van der Waals surface area contributed by atoms with Gasteiger partial charge in [-0.15, -0.1) is 4.40 Å². The van der Waals surface area contributed by atoms with Gasteiger partial charge in [-0.2, -0.15) is 8.42 Å². The standard InChI is InChI=1S/C18H16N2O6S2/c1-2-24-17(21)10-20-13-8-14-15(26-11-25-14)9-16(13)27-18(20)19-28(22,23)12-6-4-3-5-7-12/h3-9H,2,10-11H2,1H3. The number of rotatable bonds is 5. The number of esters is 1. The first-order chi connectivity index (χ1) is 13.5. The minimum absolute atomic E-state index is 0.0734. The van der Waals surface area contributed by atoms with Crippen molar-refractivity contribution in [3.8, 4) is 11.5 Å². The van der Waals surface area contributed by atoms with Crippen LogP contribution in [0, 0.1) is 0 Å². The molecule has 3 aromatic rings. The summed E-state index contributed by atoms with van der Waals surface area (Å²) in [5, 5.41) is 0. The normalized spacial score (nSPS) is 13.8. The first kappa shape index (κ1) is 18.5. The van der Waals surface area contributed by atoms with E-state index < -0.39 is 16.0 Å². The molecule has 0 radical (unpaired) electrons. The van der Waals surface area contributed by atoms with E-state index in [4.69, 9.17) is 14.2 Å². The number of hydrogen-bond acceptors (Lipinski definition) is 7. The molecule has 4 rings (SSSR count). The zero-order valence-corrected chi connectivity index (χ0v) is 16.5. The summed E-state index contributed by atoms with van der Waals surface area (Å²) >= 11 is 1.15. The predicted molar refractivity (Wildman–Crippen MR) is 102 cm³/mol. The molecular formula is C18H16N2O6S2. The first-order valence-corrected chi connectivity index (χ1v) is 10.7. The SMILES string of the molecule is CCOC(=O)Cn1c(=NS(=O)(=O)c2ccccc2)sc2cc3c(cc21)OCO3. The van der Waals surface area contributed by atoms with Gasteiger partial charge in [0.1, 0.15) is 6.54 Å². The number of sulfonamides is 1. The van der Waals surface area contributed by atoms with E-state index in [2.05, 4.69) is 4.40 Å². The van der Waals surface area contributed by atoms with Crippen molar-refractivity contribution >= 4 is 37.5 Å². The van der Waals surface area contributed by atoms with Gasteiger partial charge in [-0.05, 0) is 19.1 Å². The largest absolute Gasteiger partial charge is 0.465 e. The molecule has 0 aliphatic carbocycles. The molecule has 28 heavy (non-hydrogen) atoms. The lowest BCUT2D eigenvalue weighted by molar-refractivity contribution is -0.143. The van der Waals surface area contributed by atoms with Gasteiger partial charge >= 0.3 is 5.97 Å². The Kier molecular flexibility index (Phi) is 4.82. The van der Waals surface area contributed by atoms with Crippen LogP contribution in [-0.2, 0) is 26.1 Å². The topological polar surface area (TPSA) is 96.2 Å². The second-order valence-corrected chi connectivity index (χ2v) is 8.44. The van der Waals surface area contributed by atoms with Crippen LogP contribution in [0.1, 0.15) is 6.92 Å². The van der Waals surface area contributed by atoms with Crippen molar-refractivity contribution in [2.45, 2.75) is 18.4 Å². The van der Waals surface area contributed by atoms with Gasteiger partial charge in [-0.3, -0.25) is 4.79 Å². The summed E-state index contributed by atoms with van der Waals surface area (Å²) in [6.07, 6.45) is 0. The minimum atomic E-state index is -3.94. The Bertz CT molecular complexity index is 1210. The molecule has 0 saturated heterocycles. The Morgan fingerprint density at radius 1 is 1.21 bits per heavy atom. The highest BCUT2D eigenvalue weighted by molar-refractivity contribution is 7.90. The number of fused-ring (bicyclic) bond motifs is 2. The number of ether oxygens (including phenoxy) is 3. The van der Waals surface area contributed by atoms with Crippen molar-refractivity contribution in [3.63, 3.8) is 0 Å². The maximum absolute atomic E-state index is 12.7. The van der Waals surface area contributed by atoms with E-state index in [-0.39, 0.29) is 29.6 Å². The minimum Gasteiger partial charge on any atom is -0.465 e. The van der Waals surface area contributed by atoms with Crippen molar-refractivity contribution in [1.29, 1.82) is 0 Å². The molecule has 0 amide bonds. The van der Waals surface area contributed by atoms with Crippen LogP contribution in [0.2, 0.25) is 0 Å². The van der Waals surface area contributed by atoms with Crippen LogP contribution in [-0.4, -0.2) is 32.4 Å². The second-order valence-electron chi connectivity index (χ2n) is 5.83. The summed E-state index contributed by atoms with van der Waals surface area (Å²) in [6.45, 7) is 1.88. The van der Waals surface area contributed by atoms with Crippen molar-refractivity contribution < 1.29 is 27.4 Å². The second kappa shape index (κ2) is 7.28. The molecule has 1 aromatic heterocycles. The number of aromatic nitrogens is 1. The number of carbonyl (C=O) groups is 1. The number of carbonyl (C=O) groups excluding carboxylic acids is 1. The fraction of sp³-hybridized carbons (Fsp3) is 0.222. The van der Waals surface area contributed by atoms with E-state index in [0.29, 0.717) is 17.0 Å². The number of thiazole rings is 1. The molecule has 0 saturated carbocycles. The summed E-state index contributed by atoms with van der Waals surface area (Å²) in [5.41, 5.74) is 0.615. The fourth-order valence-corrected chi connectivity index (χ4v) is 5.03. The molecule has 0 unspecified atom stereocenters. The van der Waals surface area contributed by atoms with E-state index in [1.165, 1.54) is 16.7 Å². The quantitative estimate of drug-likeness (QED) is 0.588. The van der Waals surface area contributed by atoms with E-state index >= 15 is 0 Å². The summed E-state index contributed by atoms with van der Waals surface area (Å²) < 4.78 is 47.4. The van der Waals surface area contributed by atoms with Crippen LogP contribution in [0.4, 0.5) is 0 Å². The Morgan fingerprint density at radius 3 is 2.64 bits per heavy atom. The van der Waals surface area contributed by atoms with Crippen LogP contribution in [0.3, 0.4) is 0 Å². The molecule has 146 valence electrons. The van der Waals surface area contributed by atoms with Gasteiger partial charge < -0.3 is 18.8 Å². The molecule has 10 heteroatoms. The highest BCUT2D eigenvalue weighted by atomic mass is 32.2. The van der Waals surface area contributed by atoms with E-state index in [1.54, 1.807) is 37.3 Å². The molecule has 1 aliphatic rings. The van der Waals surface area contributed by atoms with Crippen molar-refractivity contribution in [2.75, 3.05) is 13.4 Å². The van der Waals surface area contributed by atoms with Gasteiger partial charge in [0.25, 0.3) is 10.0 Å². The third-order valence-electron chi connectivity index (χ3n) is 4.01. The molecule has 8 nitrogen and oxygen atoms in total. The number of nitrogens with zero attached hydrogens (tertiary/aromatic N) is 2. The monoisotopic (exact) mass is 420 g/mol. The third-order valence-corrected chi connectivity index (χ3v) is 6.45. The van der Waals surface area contributed by atoms with Crippen molar-refractivity contribution in [1.82, 2.24) is 4.57 Å². The molecule has 2 aromatic carbocycles.